The Kier molecular flexibility index (Phi) is 19.5. The fraction of sp³-hybridized carbons (Fsp3) is 0.600. The summed E-state index contributed by atoms with van der Waals surface area (Å²) < 4.78 is 0. The Hall–Kier alpha value is -4.86. The molecule has 0 aliphatic carbocycles. The second-order valence-electron chi connectivity index (χ2n) is 13.6. The summed E-state index contributed by atoms with van der Waals surface area (Å²) >= 11 is 0. The standard InChI is InChI=1S/C35H55N9O11/c1-18(2)27(36)34(54)40-22-12-13-26(48)38-14-8-7-11-21(39-33(53)25(17-46)42-35(55)28(19(3)47)43-32(22)52)31(51)41-24(16-45)30(50)29(49)23(44-37)15-20-9-5-4-6-10-20/h4-6,9-10,18-19,21-25,27-28,44-47H,7-8,11-17,36-37H2,1-3H3,(H,38,48)(H,39,53)(H,40,54)(H,41,51)(H,42,55)(H,43,52)/t19-,21?,22?,23+,24+,25+,27+,28+/m1/s1. The molecule has 1 heterocycles. The molecule has 1 aliphatic heterocycles. The van der Waals surface area contributed by atoms with Crippen LogP contribution in [0.3, 0.4) is 0 Å². The van der Waals surface area contributed by atoms with Crippen molar-refractivity contribution in [3.63, 3.8) is 0 Å². The zero-order chi connectivity index (χ0) is 41.2. The molecule has 8 atom stereocenters. The molecule has 20 nitrogen and oxygen atoms in total. The van der Waals surface area contributed by atoms with Crippen LogP contribution in [0.4, 0.5) is 0 Å². The maximum Gasteiger partial charge on any atom is 0.245 e. The molecule has 0 spiro atoms. The van der Waals surface area contributed by atoms with Gasteiger partial charge in [-0.2, -0.15) is 0 Å². The summed E-state index contributed by atoms with van der Waals surface area (Å²) in [4.78, 5) is 105. The monoisotopic (exact) mass is 777 g/mol. The van der Waals surface area contributed by atoms with Crippen molar-refractivity contribution < 1.29 is 53.7 Å². The highest BCUT2D eigenvalue weighted by Gasteiger charge is 2.36. The predicted molar refractivity (Wildman–Crippen MR) is 196 cm³/mol. The Morgan fingerprint density at radius 2 is 1.53 bits per heavy atom. The lowest BCUT2D eigenvalue weighted by Gasteiger charge is -2.28. The molecule has 306 valence electrons. The van der Waals surface area contributed by atoms with Gasteiger partial charge in [0.25, 0.3) is 0 Å². The van der Waals surface area contributed by atoms with Crippen molar-refractivity contribution in [2.45, 2.75) is 108 Å². The summed E-state index contributed by atoms with van der Waals surface area (Å²) in [6, 6.07) is -1.50. The van der Waals surface area contributed by atoms with Gasteiger partial charge >= 0.3 is 0 Å². The largest absolute Gasteiger partial charge is 0.394 e. The van der Waals surface area contributed by atoms with Gasteiger partial charge in [-0.1, -0.05) is 44.2 Å². The quantitative estimate of drug-likeness (QED) is 0.0479. The normalized spacial score (nSPS) is 22.9. The van der Waals surface area contributed by atoms with Crippen LogP contribution in [0.5, 0.6) is 0 Å². The highest BCUT2D eigenvalue weighted by atomic mass is 16.3. The minimum absolute atomic E-state index is 0.0290. The van der Waals surface area contributed by atoms with Gasteiger partial charge in [0.05, 0.1) is 31.4 Å². The maximum absolute atomic E-state index is 13.5. The van der Waals surface area contributed by atoms with Crippen LogP contribution in [0.2, 0.25) is 0 Å². The third-order valence-corrected chi connectivity index (χ3v) is 8.93. The number of rotatable bonds is 14. The summed E-state index contributed by atoms with van der Waals surface area (Å²) in [6.45, 7) is 2.67. The van der Waals surface area contributed by atoms with Gasteiger partial charge < -0.3 is 53.0 Å². The molecule has 55 heavy (non-hydrogen) atoms. The van der Waals surface area contributed by atoms with Gasteiger partial charge in [-0.05, 0) is 50.5 Å². The molecule has 14 N–H and O–H groups in total. The van der Waals surface area contributed by atoms with Crippen LogP contribution in [0.15, 0.2) is 30.3 Å². The van der Waals surface area contributed by atoms with Gasteiger partial charge in [-0.15, -0.1) is 0 Å². The molecule has 0 bridgehead atoms. The van der Waals surface area contributed by atoms with Crippen LogP contribution < -0.4 is 48.9 Å². The Labute approximate surface area is 318 Å². The van der Waals surface area contributed by atoms with E-state index in [1.54, 1.807) is 44.2 Å². The van der Waals surface area contributed by atoms with Gasteiger partial charge in [0.2, 0.25) is 47.0 Å². The molecule has 1 aliphatic rings. The summed E-state index contributed by atoms with van der Waals surface area (Å²) in [5, 5.41) is 44.8. The first-order valence-electron chi connectivity index (χ1n) is 18.1. The van der Waals surface area contributed by atoms with E-state index in [4.69, 9.17) is 11.6 Å². The molecule has 2 unspecified atom stereocenters. The summed E-state index contributed by atoms with van der Waals surface area (Å²) in [5.41, 5.74) is 8.88. The van der Waals surface area contributed by atoms with Crippen molar-refractivity contribution in [3.05, 3.63) is 35.9 Å². The number of hydrogen-bond acceptors (Lipinski definition) is 14. The number of hydrazine groups is 1. The average Bonchev–Trinajstić information content (AvgIpc) is 3.16. The molecular weight excluding hydrogens is 722 g/mol. The lowest BCUT2D eigenvalue weighted by Crippen LogP contribution is -2.62. The molecule has 0 aromatic heterocycles. The molecule has 2 rings (SSSR count). The van der Waals surface area contributed by atoms with Crippen molar-refractivity contribution in [3.8, 4) is 0 Å². The van der Waals surface area contributed by atoms with Gasteiger partial charge in [0, 0.05) is 13.0 Å². The molecule has 1 aromatic carbocycles. The lowest BCUT2D eigenvalue weighted by molar-refractivity contribution is -0.141. The second-order valence-corrected chi connectivity index (χ2v) is 13.6. The Morgan fingerprint density at radius 3 is 2.11 bits per heavy atom. The molecule has 1 fully saturated rings. The molecule has 0 saturated carbocycles. The first kappa shape index (κ1) is 46.3. The van der Waals surface area contributed by atoms with Crippen LogP contribution in [0, 0.1) is 5.92 Å². The van der Waals surface area contributed by atoms with Crippen molar-refractivity contribution in [1.82, 2.24) is 37.3 Å². The van der Waals surface area contributed by atoms with Crippen LogP contribution in [-0.2, 0) is 44.8 Å². The molecule has 1 aromatic rings. The number of hydrogen-bond donors (Lipinski definition) is 12. The van der Waals surface area contributed by atoms with Crippen LogP contribution in [-0.4, -0.2) is 130 Å². The van der Waals surface area contributed by atoms with Crippen LogP contribution in [0.25, 0.3) is 0 Å². The Balaban J connectivity index is 2.30. The van der Waals surface area contributed by atoms with E-state index in [0.29, 0.717) is 5.56 Å². The van der Waals surface area contributed by atoms with E-state index in [9.17, 15) is 53.7 Å². The number of nitrogens with one attached hydrogen (secondary N) is 7. The third kappa shape index (κ3) is 14.7. The number of aliphatic hydroxyl groups is 3. The third-order valence-electron chi connectivity index (χ3n) is 8.93. The average molecular weight is 778 g/mol. The van der Waals surface area contributed by atoms with E-state index >= 15 is 0 Å². The van der Waals surface area contributed by atoms with Gasteiger partial charge in [-0.25, -0.2) is 5.43 Å². The van der Waals surface area contributed by atoms with E-state index in [-0.39, 0.29) is 51.0 Å². The Morgan fingerprint density at radius 1 is 0.873 bits per heavy atom. The van der Waals surface area contributed by atoms with E-state index in [1.165, 1.54) is 0 Å². The summed E-state index contributed by atoms with van der Waals surface area (Å²) in [5.74, 6) is -2.26. The fourth-order valence-electron chi connectivity index (χ4n) is 5.45. The molecular formula is C35H55N9O11. The smallest absolute Gasteiger partial charge is 0.245 e. The summed E-state index contributed by atoms with van der Waals surface area (Å²) in [6.07, 6.45) is -1.62. The highest BCUT2D eigenvalue weighted by Crippen LogP contribution is 2.09. The number of Topliss-reactive ketones (excluding diaryl/α,β-unsaturated/α-hetero) is 2. The van der Waals surface area contributed by atoms with E-state index in [2.05, 4.69) is 37.3 Å². The first-order chi connectivity index (χ1) is 26.0. The first-order valence-corrected chi connectivity index (χ1v) is 18.1. The molecule has 6 amide bonds. The second kappa shape index (κ2) is 23.1. The van der Waals surface area contributed by atoms with Gasteiger partial charge in [-0.3, -0.25) is 44.2 Å². The Bertz CT molecular complexity index is 1500. The fourth-order valence-corrected chi connectivity index (χ4v) is 5.45. The zero-order valence-electron chi connectivity index (χ0n) is 31.2. The zero-order valence-corrected chi connectivity index (χ0v) is 31.2. The van der Waals surface area contributed by atoms with E-state index in [1.807, 2.05) is 0 Å². The molecule has 20 heteroatoms. The number of ketones is 2. The van der Waals surface area contributed by atoms with Crippen molar-refractivity contribution in [1.29, 1.82) is 0 Å². The topological polar surface area (TPSA) is 333 Å². The number of carbonyl (C=O) groups excluding carboxylic acids is 8. The van der Waals surface area contributed by atoms with Gasteiger partial charge in [0.1, 0.15) is 30.2 Å². The van der Waals surface area contributed by atoms with Crippen molar-refractivity contribution in [2.24, 2.45) is 17.5 Å². The van der Waals surface area contributed by atoms with Crippen molar-refractivity contribution >= 4 is 47.0 Å². The SMILES string of the molecule is CC(C)[C@H](N)C(=O)NC1CCC(=O)NCCCCC(C(=O)N[C@@H](CO)C(=O)C(=O)[C@H](Cc2ccccc2)NN)NC(=O)[C@H](CO)NC(=O)[C@H]([C@@H](C)O)NC1=O. The number of carbonyl (C=O) groups is 8. The van der Waals surface area contributed by atoms with Crippen molar-refractivity contribution in [2.75, 3.05) is 19.8 Å². The predicted octanol–water partition coefficient (Wildman–Crippen LogP) is -4.95. The minimum atomic E-state index is -1.73. The lowest BCUT2D eigenvalue weighted by atomic mass is 9.97. The molecule has 0 radical (unpaired) electrons. The molecule has 1 saturated heterocycles. The van der Waals surface area contributed by atoms with Crippen LogP contribution >= 0.6 is 0 Å². The van der Waals surface area contributed by atoms with E-state index < -0.39 is 109 Å². The number of amides is 6. The van der Waals surface area contributed by atoms with Gasteiger partial charge in [0.15, 0.2) is 0 Å². The summed E-state index contributed by atoms with van der Waals surface area (Å²) in [7, 11) is 0. The number of benzene rings is 1. The van der Waals surface area contributed by atoms with Crippen LogP contribution in [0.1, 0.15) is 58.4 Å². The van der Waals surface area contributed by atoms with E-state index in [0.717, 1.165) is 6.92 Å². The minimum Gasteiger partial charge on any atom is -0.394 e. The number of nitrogens with two attached hydrogens (primary N) is 2. The number of aliphatic hydroxyl groups excluding tert-OH is 3. The maximum atomic E-state index is 13.5. The highest BCUT2D eigenvalue weighted by molar-refractivity contribution is 6.41.